The lowest BCUT2D eigenvalue weighted by Gasteiger charge is -2.14. The first-order valence-corrected chi connectivity index (χ1v) is 6.92. The Labute approximate surface area is 115 Å². The summed E-state index contributed by atoms with van der Waals surface area (Å²) in [7, 11) is 1.70. The molecule has 0 aliphatic carbocycles. The van der Waals surface area contributed by atoms with Crippen LogP contribution in [-0.2, 0) is 6.42 Å². The van der Waals surface area contributed by atoms with Crippen LogP contribution in [0.5, 0.6) is 5.75 Å². The minimum atomic E-state index is 0.845. The van der Waals surface area contributed by atoms with Crippen LogP contribution in [0.25, 0.3) is 10.9 Å². The average molecular weight is 258 g/mol. The van der Waals surface area contributed by atoms with Crippen LogP contribution in [-0.4, -0.2) is 18.6 Å². The predicted molar refractivity (Wildman–Crippen MR) is 81.2 cm³/mol. The van der Waals surface area contributed by atoms with Gasteiger partial charge in [0.1, 0.15) is 11.3 Å². The number of rotatable bonds is 5. The van der Waals surface area contributed by atoms with Crippen LogP contribution in [0.1, 0.15) is 31.5 Å². The van der Waals surface area contributed by atoms with Crippen molar-refractivity contribution in [3.63, 3.8) is 0 Å². The maximum Gasteiger partial charge on any atom is 0.145 e. The Morgan fingerprint density at radius 3 is 2.68 bits per heavy atom. The van der Waals surface area contributed by atoms with Gasteiger partial charge in [0.2, 0.25) is 0 Å². The number of benzene rings is 1. The molecule has 0 saturated heterocycles. The summed E-state index contributed by atoms with van der Waals surface area (Å²) in [6.07, 6.45) is 2.09. The number of nitrogens with zero attached hydrogens (tertiary/aromatic N) is 1. The molecule has 3 heteroatoms. The Kier molecular flexibility index (Phi) is 4.25. The van der Waals surface area contributed by atoms with E-state index in [9.17, 15) is 0 Å². The molecule has 0 spiro atoms. The number of hydrogen-bond donors (Lipinski definition) is 1. The van der Waals surface area contributed by atoms with Crippen molar-refractivity contribution in [2.45, 2.75) is 33.6 Å². The third-order valence-corrected chi connectivity index (χ3v) is 3.28. The summed E-state index contributed by atoms with van der Waals surface area (Å²) in [5.41, 5.74) is 4.47. The molecule has 0 saturated carbocycles. The molecule has 0 amide bonds. The first-order chi connectivity index (χ1) is 9.21. The van der Waals surface area contributed by atoms with Gasteiger partial charge in [0.15, 0.2) is 0 Å². The lowest BCUT2D eigenvalue weighted by molar-refractivity contribution is 0.418. The summed E-state index contributed by atoms with van der Waals surface area (Å²) in [5, 5.41) is 4.61. The maximum atomic E-state index is 5.46. The van der Waals surface area contributed by atoms with E-state index in [0.717, 1.165) is 42.0 Å². The zero-order valence-electron chi connectivity index (χ0n) is 12.2. The van der Waals surface area contributed by atoms with E-state index in [2.05, 4.69) is 38.2 Å². The van der Waals surface area contributed by atoms with Gasteiger partial charge in [-0.25, -0.2) is 4.98 Å². The van der Waals surface area contributed by atoms with Gasteiger partial charge < -0.3 is 10.1 Å². The molecule has 1 heterocycles. The smallest absolute Gasteiger partial charge is 0.145 e. The molecule has 1 N–H and O–H groups in total. The monoisotopic (exact) mass is 258 g/mol. The Bertz CT molecular complexity index is 578. The first-order valence-electron chi connectivity index (χ1n) is 6.92. The highest BCUT2D eigenvalue weighted by atomic mass is 16.5. The topological polar surface area (TPSA) is 34.1 Å². The number of ether oxygens (including phenoxy) is 1. The summed E-state index contributed by atoms with van der Waals surface area (Å²) in [4.78, 5) is 4.77. The van der Waals surface area contributed by atoms with Crippen LogP contribution in [0.2, 0.25) is 0 Å². The second-order valence-electron chi connectivity index (χ2n) is 4.75. The summed E-state index contributed by atoms with van der Waals surface area (Å²) >= 11 is 0. The zero-order chi connectivity index (χ0) is 13.8. The van der Waals surface area contributed by atoms with Crippen molar-refractivity contribution < 1.29 is 4.74 Å². The molecule has 1 aromatic carbocycles. The molecule has 102 valence electrons. The fourth-order valence-corrected chi connectivity index (χ4v) is 2.42. The van der Waals surface area contributed by atoms with Gasteiger partial charge in [-0.1, -0.05) is 19.4 Å². The SMILES string of the molecule is CCCc1cc(NCC)c2c(C)ccc(OC)c2n1. The summed E-state index contributed by atoms with van der Waals surface area (Å²) in [6, 6.07) is 6.25. The number of hydrogen-bond acceptors (Lipinski definition) is 3. The van der Waals surface area contributed by atoms with Crippen molar-refractivity contribution in [3.05, 3.63) is 29.5 Å². The van der Waals surface area contributed by atoms with E-state index in [1.165, 1.54) is 10.9 Å². The normalized spacial score (nSPS) is 10.7. The Morgan fingerprint density at radius 1 is 1.26 bits per heavy atom. The van der Waals surface area contributed by atoms with E-state index in [1.54, 1.807) is 7.11 Å². The molecule has 0 fully saturated rings. The van der Waals surface area contributed by atoms with Crippen molar-refractivity contribution in [1.82, 2.24) is 4.98 Å². The standard InChI is InChI=1S/C16H22N2O/c1-5-7-12-10-13(17-6-2)15-11(3)8-9-14(19-4)16(15)18-12/h8-10H,5-7H2,1-4H3,(H,17,18). The van der Waals surface area contributed by atoms with Crippen molar-refractivity contribution in [2.75, 3.05) is 19.0 Å². The van der Waals surface area contributed by atoms with Gasteiger partial charge in [0.25, 0.3) is 0 Å². The lowest BCUT2D eigenvalue weighted by Crippen LogP contribution is -2.02. The van der Waals surface area contributed by atoms with Crippen molar-refractivity contribution >= 4 is 16.6 Å². The number of nitrogens with one attached hydrogen (secondary N) is 1. The molecule has 1 aromatic heterocycles. The van der Waals surface area contributed by atoms with Crippen LogP contribution in [0.15, 0.2) is 18.2 Å². The van der Waals surface area contributed by atoms with Crippen molar-refractivity contribution in [1.29, 1.82) is 0 Å². The molecule has 0 aliphatic heterocycles. The molecule has 0 atom stereocenters. The van der Waals surface area contributed by atoms with Gasteiger partial charge in [-0.15, -0.1) is 0 Å². The largest absolute Gasteiger partial charge is 0.494 e. The Morgan fingerprint density at radius 2 is 2.05 bits per heavy atom. The zero-order valence-corrected chi connectivity index (χ0v) is 12.2. The predicted octanol–water partition coefficient (Wildman–Crippen LogP) is 3.94. The Hall–Kier alpha value is -1.77. The Balaban J connectivity index is 2.73. The highest BCUT2D eigenvalue weighted by molar-refractivity contribution is 5.97. The van der Waals surface area contributed by atoms with Crippen LogP contribution in [0.3, 0.4) is 0 Å². The third kappa shape index (κ3) is 2.65. The number of aryl methyl sites for hydroxylation is 2. The molecule has 19 heavy (non-hydrogen) atoms. The number of methoxy groups -OCH3 is 1. The molecule has 2 rings (SSSR count). The summed E-state index contributed by atoms with van der Waals surface area (Å²) in [6.45, 7) is 7.30. The van der Waals surface area contributed by atoms with Crippen molar-refractivity contribution in [3.8, 4) is 5.75 Å². The second-order valence-corrected chi connectivity index (χ2v) is 4.75. The highest BCUT2D eigenvalue weighted by Crippen LogP contribution is 2.33. The fraction of sp³-hybridized carbons (Fsp3) is 0.438. The average Bonchev–Trinajstić information content (AvgIpc) is 2.39. The number of anilines is 1. The summed E-state index contributed by atoms with van der Waals surface area (Å²) in [5.74, 6) is 0.845. The maximum absolute atomic E-state index is 5.46. The minimum absolute atomic E-state index is 0.845. The third-order valence-electron chi connectivity index (χ3n) is 3.28. The molecule has 0 radical (unpaired) electrons. The van der Waals surface area contributed by atoms with E-state index < -0.39 is 0 Å². The minimum Gasteiger partial charge on any atom is -0.494 e. The van der Waals surface area contributed by atoms with E-state index in [4.69, 9.17) is 9.72 Å². The van der Waals surface area contributed by atoms with Gasteiger partial charge in [-0.05, 0) is 38.0 Å². The van der Waals surface area contributed by atoms with Crippen molar-refractivity contribution in [2.24, 2.45) is 0 Å². The highest BCUT2D eigenvalue weighted by Gasteiger charge is 2.11. The lowest BCUT2D eigenvalue weighted by atomic mass is 10.0. The van der Waals surface area contributed by atoms with Crippen LogP contribution < -0.4 is 10.1 Å². The van der Waals surface area contributed by atoms with Gasteiger partial charge in [-0.2, -0.15) is 0 Å². The van der Waals surface area contributed by atoms with E-state index in [0.29, 0.717) is 0 Å². The van der Waals surface area contributed by atoms with Crippen LogP contribution in [0, 0.1) is 6.92 Å². The van der Waals surface area contributed by atoms with Gasteiger partial charge in [-0.3, -0.25) is 0 Å². The van der Waals surface area contributed by atoms with Crippen LogP contribution in [0.4, 0.5) is 5.69 Å². The number of fused-ring (bicyclic) bond motifs is 1. The quantitative estimate of drug-likeness (QED) is 0.882. The molecule has 3 nitrogen and oxygen atoms in total. The van der Waals surface area contributed by atoms with E-state index in [1.807, 2.05) is 6.07 Å². The van der Waals surface area contributed by atoms with Crippen LogP contribution >= 0.6 is 0 Å². The number of aromatic nitrogens is 1. The number of pyridine rings is 1. The fourth-order valence-electron chi connectivity index (χ4n) is 2.42. The second kappa shape index (κ2) is 5.91. The van der Waals surface area contributed by atoms with E-state index >= 15 is 0 Å². The molecule has 0 bridgehead atoms. The first kappa shape index (κ1) is 13.7. The molecule has 2 aromatic rings. The van der Waals surface area contributed by atoms with E-state index in [-0.39, 0.29) is 0 Å². The summed E-state index contributed by atoms with van der Waals surface area (Å²) < 4.78 is 5.46. The van der Waals surface area contributed by atoms with Gasteiger partial charge in [0, 0.05) is 23.3 Å². The van der Waals surface area contributed by atoms with Gasteiger partial charge >= 0.3 is 0 Å². The van der Waals surface area contributed by atoms with Gasteiger partial charge in [0.05, 0.1) is 7.11 Å². The molecular formula is C16H22N2O. The molecular weight excluding hydrogens is 236 g/mol. The molecule has 0 aliphatic rings. The molecule has 0 unspecified atom stereocenters.